The van der Waals surface area contributed by atoms with Gasteiger partial charge in [-0.25, -0.2) is 0 Å². The van der Waals surface area contributed by atoms with Crippen molar-refractivity contribution in [3.8, 4) is 0 Å². The van der Waals surface area contributed by atoms with Gasteiger partial charge in [-0.2, -0.15) is 0 Å². The predicted molar refractivity (Wildman–Crippen MR) is 27.8 cm³/mol. The second kappa shape index (κ2) is 7.96. The molecular formula is C4H4MgO6Ti+2. The summed E-state index contributed by atoms with van der Waals surface area (Å²) in [7, 11) is 0. The molecular weight excluding hydrogens is 216 g/mol. The number of hydrogen-bond acceptors (Lipinski definition) is 6. The molecule has 0 saturated heterocycles. The number of carbonyl (C=O) groups excluding carboxylic acids is 2. The van der Waals surface area contributed by atoms with Crippen LogP contribution in [0.15, 0.2) is 0 Å². The van der Waals surface area contributed by atoms with Crippen LogP contribution < -0.4 is 10.2 Å². The largest absolute Gasteiger partial charge is 2.00 e. The van der Waals surface area contributed by atoms with Crippen molar-refractivity contribution in [3.05, 3.63) is 0 Å². The summed E-state index contributed by atoms with van der Waals surface area (Å²) >= 11 is 0. The molecule has 2 unspecified atom stereocenters. The number of hydrogen-bond donors (Lipinski definition) is 2. The molecule has 0 aliphatic carbocycles. The van der Waals surface area contributed by atoms with E-state index in [1.807, 2.05) is 0 Å². The minimum absolute atomic E-state index is 0. The Bertz CT molecular complexity index is 144. The molecule has 0 aromatic carbocycles. The molecule has 0 bridgehead atoms. The molecule has 6 nitrogen and oxygen atoms in total. The van der Waals surface area contributed by atoms with Gasteiger partial charge in [0.25, 0.3) is 0 Å². The van der Waals surface area contributed by atoms with Gasteiger partial charge < -0.3 is 30.0 Å². The number of aliphatic hydroxyl groups is 2. The molecule has 0 heterocycles. The number of carbonyl (C=O) groups is 2. The van der Waals surface area contributed by atoms with Crippen LogP contribution in [0.3, 0.4) is 0 Å². The third-order valence-corrected chi connectivity index (χ3v) is 0.782. The van der Waals surface area contributed by atoms with Crippen LogP contribution in [0, 0.1) is 0 Å². The molecule has 0 aromatic heterocycles. The molecule has 0 aliphatic rings. The standard InChI is InChI=1S/C4H6O6.Mg.Ti/c5-1(3(7)8)2(6)4(9)10;;/h1-2,5-6H,(H,7,8)(H,9,10);;/q;2*+2/p-2. The van der Waals surface area contributed by atoms with Crippen molar-refractivity contribution < 1.29 is 51.7 Å². The maximum atomic E-state index is 9.63. The summed E-state index contributed by atoms with van der Waals surface area (Å²) in [4.78, 5) is 19.3. The zero-order chi connectivity index (χ0) is 8.31. The van der Waals surface area contributed by atoms with Gasteiger partial charge in [-0.15, -0.1) is 0 Å². The van der Waals surface area contributed by atoms with Gasteiger partial charge in [-0.05, 0) is 0 Å². The Kier molecular flexibility index (Phi) is 12.1. The first kappa shape index (κ1) is 18.2. The molecule has 0 saturated carbocycles. The molecule has 12 heavy (non-hydrogen) atoms. The molecule has 0 radical (unpaired) electrons. The van der Waals surface area contributed by atoms with E-state index in [1.54, 1.807) is 0 Å². The van der Waals surface area contributed by atoms with Crippen LogP contribution in [-0.4, -0.2) is 57.4 Å². The van der Waals surface area contributed by atoms with Crippen LogP contribution in [0.4, 0.5) is 0 Å². The number of aliphatic hydroxyl groups excluding tert-OH is 2. The third kappa shape index (κ3) is 5.92. The second-order valence-electron chi connectivity index (χ2n) is 1.53. The number of carboxylic acid groups (broad SMARTS) is 2. The second-order valence-corrected chi connectivity index (χ2v) is 1.53. The third-order valence-electron chi connectivity index (χ3n) is 0.782. The Hall–Kier alpha value is 0.341. The van der Waals surface area contributed by atoms with Gasteiger partial charge in [-0.3, -0.25) is 0 Å². The maximum absolute atomic E-state index is 9.63. The van der Waals surface area contributed by atoms with E-state index in [1.165, 1.54) is 0 Å². The maximum Gasteiger partial charge on any atom is 2.00 e. The zero-order valence-corrected chi connectivity index (χ0v) is 8.86. The van der Waals surface area contributed by atoms with Crippen LogP contribution in [0.1, 0.15) is 0 Å². The van der Waals surface area contributed by atoms with E-state index in [4.69, 9.17) is 10.2 Å². The van der Waals surface area contributed by atoms with Gasteiger partial charge in [0.2, 0.25) is 0 Å². The first-order valence-electron chi connectivity index (χ1n) is 2.24. The first-order chi connectivity index (χ1) is 4.46. The van der Waals surface area contributed by atoms with Crippen LogP contribution in [0.2, 0.25) is 0 Å². The zero-order valence-electron chi connectivity index (χ0n) is 5.89. The van der Waals surface area contributed by atoms with Gasteiger partial charge >= 0.3 is 44.8 Å². The molecule has 2 N–H and O–H groups in total. The Morgan fingerprint density at radius 2 is 1.17 bits per heavy atom. The Balaban J connectivity index is -0.000000405. The van der Waals surface area contributed by atoms with Crippen molar-refractivity contribution in [1.29, 1.82) is 0 Å². The molecule has 60 valence electrons. The molecule has 0 aliphatic heterocycles. The molecule has 0 spiro atoms. The van der Waals surface area contributed by atoms with E-state index in [0.29, 0.717) is 0 Å². The van der Waals surface area contributed by atoms with Gasteiger partial charge in [0.15, 0.2) is 0 Å². The monoisotopic (exact) mass is 220 g/mol. The quantitative estimate of drug-likeness (QED) is 0.459. The molecule has 2 atom stereocenters. The molecule has 0 rings (SSSR count). The van der Waals surface area contributed by atoms with Crippen molar-refractivity contribution in [2.75, 3.05) is 0 Å². The minimum atomic E-state index is -2.44. The Morgan fingerprint density at radius 3 is 1.25 bits per heavy atom. The van der Waals surface area contributed by atoms with Crippen molar-refractivity contribution in [3.63, 3.8) is 0 Å². The van der Waals surface area contributed by atoms with Gasteiger partial charge in [0.1, 0.15) is 12.2 Å². The smallest absolute Gasteiger partial charge is 0.547 e. The van der Waals surface area contributed by atoms with Crippen molar-refractivity contribution in [2.24, 2.45) is 0 Å². The summed E-state index contributed by atoms with van der Waals surface area (Å²) in [5.74, 6) is -4.12. The molecule has 8 heteroatoms. The summed E-state index contributed by atoms with van der Waals surface area (Å²) in [6.45, 7) is 0. The fourth-order valence-corrected chi connectivity index (χ4v) is 0.258. The van der Waals surface area contributed by atoms with E-state index in [9.17, 15) is 19.8 Å². The van der Waals surface area contributed by atoms with E-state index < -0.39 is 24.1 Å². The average Bonchev–Trinajstić information content (AvgIpc) is 1.84. The van der Waals surface area contributed by atoms with Crippen molar-refractivity contribution in [1.82, 2.24) is 0 Å². The van der Waals surface area contributed by atoms with Crippen LogP contribution in [0.5, 0.6) is 0 Å². The molecule has 0 amide bonds. The van der Waals surface area contributed by atoms with Crippen LogP contribution in [-0.2, 0) is 31.3 Å². The van der Waals surface area contributed by atoms with Crippen molar-refractivity contribution in [2.45, 2.75) is 12.2 Å². The predicted octanol–water partition coefficient (Wildman–Crippen LogP) is -5.18. The van der Waals surface area contributed by atoms with Gasteiger partial charge in [0, 0.05) is 0 Å². The normalized spacial score (nSPS) is 13.2. The summed E-state index contributed by atoms with van der Waals surface area (Å²) in [6, 6.07) is 0. The number of aliphatic carboxylic acids is 2. The van der Waals surface area contributed by atoms with Gasteiger partial charge in [-0.1, -0.05) is 0 Å². The fraction of sp³-hybridized carbons (Fsp3) is 0.500. The fourth-order valence-electron chi connectivity index (χ4n) is 0.258. The van der Waals surface area contributed by atoms with E-state index in [-0.39, 0.29) is 44.8 Å². The minimum Gasteiger partial charge on any atom is -0.547 e. The summed E-state index contributed by atoms with van der Waals surface area (Å²) in [6.07, 6.45) is -4.88. The number of rotatable bonds is 3. The van der Waals surface area contributed by atoms with E-state index >= 15 is 0 Å². The molecule has 0 aromatic rings. The summed E-state index contributed by atoms with van der Waals surface area (Å²) in [5, 5.41) is 35.7. The van der Waals surface area contributed by atoms with Gasteiger partial charge in [0.05, 0.1) is 11.9 Å². The number of carboxylic acids is 2. The van der Waals surface area contributed by atoms with E-state index in [2.05, 4.69) is 0 Å². The van der Waals surface area contributed by atoms with Crippen LogP contribution in [0.25, 0.3) is 0 Å². The van der Waals surface area contributed by atoms with Crippen LogP contribution >= 0.6 is 0 Å². The summed E-state index contributed by atoms with van der Waals surface area (Å²) < 4.78 is 0. The Morgan fingerprint density at radius 1 is 1.00 bits per heavy atom. The van der Waals surface area contributed by atoms with E-state index in [0.717, 1.165) is 0 Å². The first-order valence-corrected chi connectivity index (χ1v) is 2.24. The Labute approximate surface area is 98.6 Å². The topological polar surface area (TPSA) is 121 Å². The molecule has 0 fully saturated rings. The SMILES string of the molecule is O=C([O-])C(O)C(O)C(=O)[O-].[Mg+2].[Ti+2]. The average molecular weight is 220 g/mol. The summed E-state index contributed by atoms with van der Waals surface area (Å²) in [5.41, 5.74) is 0. The van der Waals surface area contributed by atoms with Crippen molar-refractivity contribution >= 4 is 35.0 Å².